The second-order valence-electron chi connectivity index (χ2n) is 4.99. The molecule has 4 nitrogen and oxygen atoms in total. The fourth-order valence-corrected chi connectivity index (χ4v) is 2.69. The van der Waals surface area contributed by atoms with Gasteiger partial charge in [0.25, 0.3) is 0 Å². The van der Waals surface area contributed by atoms with Crippen molar-refractivity contribution in [3.63, 3.8) is 0 Å². The Morgan fingerprint density at radius 2 is 2.11 bits per heavy atom. The van der Waals surface area contributed by atoms with Crippen molar-refractivity contribution >= 4 is 5.69 Å². The highest BCUT2D eigenvalue weighted by Gasteiger charge is 2.45. The molecule has 2 fully saturated rings. The zero-order valence-electron chi connectivity index (χ0n) is 10.4. The maximum absolute atomic E-state index is 14.2. The monoisotopic (exact) mass is 270 g/mol. The van der Waals surface area contributed by atoms with Gasteiger partial charge < -0.3 is 14.8 Å². The van der Waals surface area contributed by atoms with Crippen LogP contribution in [-0.2, 0) is 9.47 Å². The Morgan fingerprint density at radius 1 is 1.32 bits per heavy atom. The Morgan fingerprint density at radius 3 is 2.74 bits per heavy atom. The van der Waals surface area contributed by atoms with Gasteiger partial charge in [-0.1, -0.05) is 0 Å². The molecule has 2 unspecified atom stereocenters. The molecule has 6 heteroatoms. The van der Waals surface area contributed by atoms with Gasteiger partial charge >= 0.3 is 0 Å². The van der Waals surface area contributed by atoms with Crippen LogP contribution in [0.25, 0.3) is 0 Å². The largest absolute Gasteiger partial charge is 0.378 e. The molecule has 1 saturated carbocycles. The molecule has 0 aromatic carbocycles. The number of alkyl halides is 1. The maximum Gasteiger partial charge on any atom is 0.212 e. The first-order valence-electron chi connectivity index (χ1n) is 6.47. The first-order valence-corrected chi connectivity index (χ1v) is 6.47. The predicted molar refractivity (Wildman–Crippen MR) is 65.0 cm³/mol. The zero-order chi connectivity index (χ0) is 13.3. The van der Waals surface area contributed by atoms with Crippen molar-refractivity contribution in [3.8, 4) is 0 Å². The quantitative estimate of drug-likeness (QED) is 0.837. The number of nitrogens with zero attached hydrogens (tertiary/aromatic N) is 1. The topological polar surface area (TPSA) is 43.4 Å². The van der Waals surface area contributed by atoms with Gasteiger partial charge in [-0.2, -0.15) is 4.39 Å². The molecule has 1 aromatic heterocycles. The lowest BCUT2D eigenvalue weighted by Gasteiger charge is -2.38. The lowest BCUT2D eigenvalue weighted by atomic mass is 9.88. The van der Waals surface area contributed by atoms with Gasteiger partial charge in [0.15, 0.2) is 5.79 Å². The first kappa shape index (κ1) is 12.7. The normalized spacial score (nSPS) is 29.6. The third kappa shape index (κ3) is 2.69. The zero-order valence-corrected chi connectivity index (χ0v) is 10.4. The van der Waals surface area contributed by atoms with Crippen molar-refractivity contribution in [2.75, 3.05) is 18.5 Å². The minimum Gasteiger partial charge on any atom is -0.378 e. The number of halogens is 2. The SMILES string of the molecule is Fc1ccc(NC2CCC3(CC2F)OCCO3)cn1. The predicted octanol–water partition coefficient (Wildman–Crippen LogP) is 2.27. The van der Waals surface area contributed by atoms with E-state index in [1.54, 1.807) is 6.07 Å². The summed E-state index contributed by atoms with van der Waals surface area (Å²) in [6.45, 7) is 1.07. The molecule has 2 atom stereocenters. The smallest absolute Gasteiger partial charge is 0.212 e. The number of rotatable bonds is 2. The molecule has 3 rings (SSSR count). The van der Waals surface area contributed by atoms with Crippen molar-refractivity contribution in [1.29, 1.82) is 0 Å². The molecule has 19 heavy (non-hydrogen) atoms. The van der Waals surface area contributed by atoms with Gasteiger partial charge in [-0.05, 0) is 18.6 Å². The molecule has 0 amide bonds. The average Bonchev–Trinajstić information content (AvgIpc) is 2.84. The van der Waals surface area contributed by atoms with Crippen molar-refractivity contribution < 1.29 is 18.3 Å². The van der Waals surface area contributed by atoms with E-state index in [0.29, 0.717) is 31.7 Å². The standard InChI is InChI=1S/C13H16F2N2O2/c14-10-7-13(18-5-6-19-13)4-3-11(10)17-9-1-2-12(15)16-8-9/h1-2,8,10-11,17H,3-7H2. The Balaban J connectivity index is 1.62. The van der Waals surface area contributed by atoms with Crippen LogP contribution in [0.2, 0.25) is 0 Å². The third-order valence-corrected chi connectivity index (χ3v) is 3.67. The van der Waals surface area contributed by atoms with E-state index in [-0.39, 0.29) is 12.5 Å². The summed E-state index contributed by atoms with van der Waals surface area (Å²) in [5.74, 6) is -1.27. The number of ether oxygens (including phenoxy) is 2. The van der Waals surface area contributed by atoms with Crippen LogP contribution >= 0.6 is 0 Å². The Kier molecular flexibility index (Phi) is 3.36. The van der Waals surface area contributed by atoms with Crippen LogP contribution in [0.4, 0.5) is 14.5 Å². The number of hydrogen-bond donors (Lipinski definition) is 1. The van der Waals surface area contributed by atoms with E-state index in [9.17, 15) is 8.78 Å². The molecule has 0 bridgehead atoms. The van der Waals surface area contributed by atoms with E-state index in [1.165, 1.54) is 12.3 Å². The molecule has 0 radical (unpaired) electrons. The van der Waals surface area contributed by atoms with Gasteiger partial charge in [0.1, 0.15) is 6.17 Å². The molecular weight excluding hydrogens is 254 g/mol. The number of hydrogen-bond acceptors (Lipinski definition) is 4. The number of aromatic nitrogens is 1. The van der Waals surface area contributed by atoms with Gasteiger partial charge in [-0.3, -0.25) is 0 Å². The summed E-state index contributed by atoms with van der Waals surface area (Å²) in [4.78, 5) is 3.54. The van der Waals surface area contributed by atoms with E-state index < -0.39 is 17.9 Å². The Bertz CT molecular complexity index is 435. The van der Waals surface area contributed by atoms with Crippen molar-refractivity contribution in [1.82, 2.24) is 4.98 Å². The van der Waals surface area contributed by atoms with E-state index in [1.807, 2.05) is 0 Å². The molecule has 1 aliphatic carbocycles. The van der Waals surface area contributed by atoms with E-state index in [0.717, 1.165) is 0 Å². The van der Waals surface area contributed by atoms with Gasteiger partial charge in [0, 0.05) is 12.8 Å². The first-order chi connectivity index (χ1) is 9.17. The van der Waals surface area contributed by atoms with Crippen LogP contribution < -0.4 is 5.32 Å². The molecular formula is C13H16F2N2O2. The van der Waals surface area contributed by atoms with E-state index >= 15 is 0 Å². The lowest BCUT2D eigenvalue weighted by molar-refractivity contribution is -0.189. The van der Waals surface area contributed by atoms with Crippen LogP contribution in [0.5, 0.6) is 0 Å². The molecule has 2 aliphatic rings. The summed E-state index contributed by atoms with van der Waals surface area (Å²) in [5.41, 5.74) is 0.623. The van der Waals surface area contributed by atoms with Crippen molar-refractivity contribution in [2.24, 2.45) is 0 Å². The summed E-state index contributed by atoms with van der Waals surface area (Å²) < 4.78 is 37.9. The highest BCUT2D eigenvalue weighted by molar-refractivity contribution is 5.41. The van der Waals surface area contributed by atoms with Crippen molar-refractivity contribution in [2.45, 2.75) is 37.3 Å². The Hall–Kier alpha value is -1.27. The third-order valence-electron chi connectivity index (χ3n) is 3.67. The van der Waals surface area contributed by atoms with Crippen LogP contribution in [0.1, 0.15) is 19.3 Å². The van der Waals surface area contributed by atoms with Gasteiger partial charge in [-0.25, -0.2) is 9.37 Å². The van der Waals surface area contributed by atoms with Gasteiger partial charge in [-0.15, -0.1) is 0 Å². The van der Waals surface area contributed by atoms with Crippen LogP contribution in [0.3, 0.4) is 0 Å². The fraction of sp³-hybridized carbons (Fsp3) is 0.615. The average molecular weight is 270 g/mol. The lowest BCUT2D eigenvalue weighted by Crippen LogP contribution is -2.46. The second kappa shape index (κ2) is 5.02. The summed E-state index contributed by atoms with van der Waals surface area (Å²) in [6.07, 6.45) is 1.82. The molecule has 1 N–H and O–H groups in total. The van der Waals surface area contributed by atoms with Gasteiger partial charge in [0.05, 0.1) is 31.1 Å². The highest BCUT2D eigenvalue weighted by atomic mass is 19.1. The van der Waals surface area contributed by atoms with Crippen LogP contribution in [-0.4, -0.2) is 36.2 Å². The molecule has 1 aliphatic heterocycles. The van der Waals surface area contributed by atoms with E-state index in [2.05, 4.69) is 10.3 Å². The molecule has 1 spiro atoms. The number of anilines is 1. The molecule has 1 saturated heterocycles. The molecule has 1 aromatic rings. The number of pyridine rings is 1. The van der Waals surface area contributed by atoms with Crippen LogP contribution in [0.15, 0.2) is 18.3 Å². The minimum absolute atomic E-state index is 0.235. The molecule has 104 valence electrons. The van der Waals surface area contributed by atoms with E-state index in [4.69, 9.17) is 9.47 Å². The highest BCUT2D eigenvalue weighted by Crippen LogP contribution is 2.38. The van der Waals surface area contributed by atoms with Crippen molar-refractivity contribution in [3.05, 3.63) is 24.3 Å². The number of nitrogens with one attached hydrogen (secondary N) is 1. The fourth-order valence-electron chi connectivity index (χ4n) is 2.69. The molecule has 2 heterocycles. The summed E-state index contributed by atoms with van der Waals surface area (Å²) in [7, 11) is 0. The Labute approximate surface area is 110 Å². The summed E-state index contributed by atoms with van der Waals surface area (Å²) in [5, 5.41) is 3.05. The minimum atomic E-state index is -1.06. The maximum atomic E-state index is 14.2. The second-order valence-corrected chi connectivity index (χ2v) is 4.99. The van der Waals surface area contributed by atoms with Crippen LogP contribution in [0, 0.1) is 5.95 Å². The summed E-state index contributed by atoms with van der Waals surface area (Å²) >= 11 is 0. The van der Waals surface area contributed by atoms with Gasteiger partial charge in [0.2, 0.25) is 5.95 Å². The summed E-state index contributed by atoms with van der Waals surface area (Å²) in [6, 6.07) is 2.50.